The van der Waals surface area contributed by atoms with Crippen LogP contribution in [0.1, 0.15) is 22.8 Å². The third-order valence-electron chi connectivity index (χ3n) is 3.29. The summed E-state index contributed by atoms with van der Waals surface area (Å²) in [4.78, 5) is 14.4. The lowest BCUT2D eigenvalue weighted by atomic mass is 10.1. The van der Waals surface area contributed by atoms with E-state index < -0.39 is 0 Å². The Morgan fingerprint density at radius 3 is 2.52 bits per heavy atom. The van der Waals surface area contributed by atoms with E-state index in [4.69, 9.17) is 11.6 Å². The van der Waals surface area contributed by atoms with Crippen molar-refractivity contribution in [2.45, 2.75) is 13.3 Å². The van der Waals surface area contributed by atoms with Crippen molar-refractivity contribution >= 4 is 33.4 Å². The molecule has 2 aromatic carbocycles. The molecular formula is C17H17BrClNO. The molecular weight excluding hydrogens is 350 g/mol. The monoisotopic (exact) mass is 365 g/mol. The van der Waals surface area contributed by atoms with Crippen LogP contribution in [0.5, 0.6) is 0 Å². The second-order valence-corrected chi connectivity index (χ2v) is 6.13. The fourth-order valence-electron chi connectivity index (χ4n) is 2.17. The number of likely N-dealkylation sites (N-methyl/N-ethyl adjacent to an activating group) is 1. The van der Waals surface area contributed by atoms with E-state index in [1.807, 2.05) is 30.0 Å². The Morgan fingerprint density at radius 2 is 1.90 bits per heavy atom. The predicted octanol–water partition coefficient (Wildman–Crippen LogP) is 4.81. The van der Waals surface area contributed by atoms with Gasteiger partial charge in [-0.05, 0) is 37.1 Å². The molecule has 1 amide bonds. The fraction of sp³-hybridized carbons (Fsp3) is 0.235. The first-order valence-electron chi connectivity index (χ1n) is 6.89. The Balaban J connectivity index is 2.08. The summed E-state index contributed by atoms with van der Waals surface area (Å²) in [6.45, 7) is 3.36. The third-order valence-corrected chi connectivity index (χ3v) is 3.97. The number of carbonyl (C=O) groups excluding carboxylic acids is 1. The van der Waals surface area contributed by atoms with Gasteiger partial charge in [0.15, 0.2) is 0 Å². The highest BCUT2D eigenvalue weighted by molar-refractivity contribution is 9.10. The molecule has 0 spiro atoms. The van der Waals surface area contributed by atoms with Crippen molar-refractivity contribution in [1.82, 2.24) is 4.90 Å². The summed E-state index contributed by atoms with van der Waals surface area (Å²) in [6.07, 6.45) is 0.849. The number of rotatable bonds is 5. The van der Waals surface area contributed by atoms with Crippen LogP contribution < -0.4 is 0 Å². The zero-order chi connectivity index (χ0) is 15.2. The van der Waals surface area contributed by atoms with Crippen LogP contribution in [0, 0.1) is 0 Å². The molecule has 0 saturated heterocycles. The number of hydrogen-bond donors (Lipinski definition) is 0. The minimum atomic E-state index is 0.0108. The molecule has 0 unspecified atom stereocenters. The summed E-state index contributed by atoms with van der Waals surface area (Å²) in [7, 11) is 0. The SMILES string of the molecule is CCN(CCc1ccccc1)C(=O)c1cc(Cl)cc(Br)c1. The predicted molar refractivity (Wildman–Crippen MR) is 90.9 cm³/mol. The number of halogens is 2. The summed E-state index contributed by atoms with van der Waals surface area (Å²) in [6, 6.07) is 15.5. The third kappa shape index (κ3) is 4.58. The van der Waals surface area contributed by atoms with Gasteiger partial charge < -0.3 is 4.90 Å². The van der Waals surface area contributed by atoms with Crippen molar-refractivity contribution in [2.75, 3.05) is 13.1 Å². The molecule has 110 valence electrons. The van der Waals surface area contributed by atoms with E-state index >= 15 is 0 Å². The quantitative estimate of drug-likeness (QED) is 0.744. The van der Waals surface area contributed by atoms with Gasteiger partial charge in [-0.25, -0.2) is 0 Å². The second kappa shape index (κ2) is 7.62. The molecule has 21 heavy (non-hydrogen) atoms. The maximum Gasteiger partial charge on any atom is 0.253 e. The molecule has 0 aliphatic heterocycles. The van der Waals surface area contributed by atoms with Crippen molar-refractivity contribution in [2.24, 2.45) is 0 Å². The minimum absolute atomic E-state index is 0.0108. The van der Waals surface area contributed by atoms with Gasteiger partial charge in [0.2, 0.25) is 0 Å². The van der Waals surface area contributed by atoms with Gasteiger partial charge in [0.1, 0.15) is 0 Å². The fourth-order valence-corrected chi connectivity index (χ4v) is 3.03. The molecule has 0 aromatic heterocycles. The van der Waals surface area contributed by atoms with Gasteiger partial charge >= 0.3 is 0 Å². The van der Waals surface area contributed by atoms with Gasteiger partial charge in [-0.15, -0.1) is 0 Å². The number of amides is 1. The normalized spacial score (nSPS) is 10.4. The maximum absolute atomic E-state index is 12.5. The van der Waals surface area contributed by atoms with E-state index in [2.05, 4.69) is 28.1 Å². The Hall–Kier alpha value is -1.32. The van der Waals surface area contributed by atoms with E-state index in [1.165, 1.54) is 5.56 Å². The molecule has 0 bridgehead atoms. The average Bonchev–Trinajstić information content (AvgIpc) is 2.47. The molecule has 0 atom stereocenters. The van der Waals surface area contributed by atoms with Gasteiger partial charge in [-0.3, -0.25) is 4.79 Å². The first-order chi connectivity index (χ1) is 10.1. The molecule has 4 heteroatoms. The van der Waals surface area contributed by atoms with Crippen LogP contribution in [0.2, 0.25) is 5.02 Å². The van der Waals surface area contributed by atoms with Crippen LogP contribution in [0.15, 0.2) is 53.0 Å². The molecule has 0 aliphatic carbocycles. The van der Waals surface area contributed by atoms with Crippen molar-refractivity contribution in [3.63, 3.8) is 0 Å². The summed E-state index contributed by atoms with van der Waals surface area (Å²) < 4.78 is 0.817. The molecule has 2 nitrogen and oxygen atoms in total. The van der Waals surface area contributed by atoms with Crippen LogP contribution in [-0.2, 0) is 6.42 Å². The highest BCUT2D eigenvalue weighted by atomic mass is 79.9. The number of hydrogen-bond acceptors (Lipinski definition) is 1. The van der Waals surface area contributed by atoms with E-state index in [1.54, 1.807) is 18.2 Å². The van der Waals surface area contributed by atoms with Crippen LogP contribution in [0.4, 0.5) is 0 Å². The lowest BCUT2D eigenvalue weighted by molar-refractivity contribution is 0.0766. The summed E-state index contributed by atoms with van der Waals surface area (Å²) in [5, 5.41) is 0.562. The van der Waals surface area contributed by atoms with E-state index in [9.17, 15) is 4.79 Å². The highest BCUT2D eigenvalue weighted by Crippen LogP contribution is 2.20. The van der Waals surface area contributed by atoms with Crippen molar-refractivity contribution in [1.29, 1.82) is 0 Å². The van der Waals surface area contributed by atoms with E-state index in [0.29, 0.717) is 23.7 Å². The molecule has 2 aromatic rings. The summed E-state index contributed by atoms with van der Waals surface area (Å²) in [5.74, 6) is 0.0108. The smallest absolute Gasteiger partial charge is 0.253 e. The Bertz CT molecular complexity index is 595. The summed E-state index contributed by atoms with van der Waals surface area (Å²) >= 11 is 9.39. The average molecular weight is 367 g/mol. The van der Waals surface area contributed by atoms with Crippen molar-refractivity contribution < 1.29 is 4.79 Å². The largest absolute Gasteiger partial charge is 0.339 e. The zero-order valence-electron chi connectivity index (χ0n) is 11.9. The van der Waals surface area contributed by atoms with Crippen molar-refractivity contribution in [3.05, 3.63) is 69.2 Å². The van der Waals surface area contributed by atoms with Crippen LogP contribution in [-0.4, -0.2) is 23.9 Å². The first kappa shape index (κ1) is 16.1. The molecule has 0 fully saturated rings. The minimum Gasteiger partial charge on any atom is -0.339 e. The summed E-state index contributed by atoms with van der Waals surface area (Å²) in [5.41, 5.74) is 1.85. The lowest BCUT2D eigenvalue weighted by Crippen LogP contribution is -2.32. The topological polar surface area (TPSA) is 20.3 Å². The van der Waals surface area contributed by atoms with Gasteiger partial charge in [0, 0.05) is 28.1 Å². The first-order valence-corrected chi connectivity index (χ1v) is 8.06. The number of benzene rings is 2. The van der Waals surface area contributed by atoms with Crippen molar-refractivity contribution in [3.8, 4) is 0 Å². The van der Waals surface area contributed by atoms with Crippen LogP contribution >= 0.6 is 27.5 Å². The second-order valence-electron chi connectivity index (χ2n) is 4.78. The molecule has 0 radical (unpaired) electrons. The molecule has 0 saturated carbocycles. The Labute approximate surface area is 138 Å². The van der Waals surface area contributed by atoms with Crippen LogP contribution in [0.3, 0.4) is 0 Å². The highest BCUT2D eigenvalue weighted by Gasteiger charge is 2.15. The van der Waals surface area contributed by atoms with Gasteiger partial charge in [-0.2, -0.15) is 0 Å². The molecule has 2 rings (SSSR count). The zero-order valence-corrected chi connectivity index (χ0v) is 14.2. The number of carbonyl (C=O) groups is 1. The van der Waals surface area contributed by atoms with Crippen LogP contribution in [0.25, 0.3) is 0 Å². The van der Waals surface area contributed by atoms with Gasteiger partial charge in [-0.1, -0.05) is 57.9 Å². The lowest BCUT2D eigenvalue weighted by Gasteiger charge is -2.21. The number of nitrogens with zero attached hydrogens (tertiary/aromatic N) is 1. The van der Waals surface area contributed by atoms with E-state index in [-0.39, 0.29) is 5.91 Å². The van der Waals surface area contributed by atoms with Gasteiger partial charge in [0.25, 0.3) is 5.91 Å². The maximum atomic E-state index is 12.5. The standard InChI is InChI=1S/C17H17BrClNO/c1-2-20(9-8-13-6-4-3-5-7-13)17(21)14-10-15(18)12-16(19)11-14/h3-7,10-12H,2,8-9H2,1H3. The van der Waals surface area contributed by atoms with E-state index in [0.717, 1.165) is 10.9 Å². The molecule has 0 aliphatic rings. The molecule has 0 N–H and O–H groups in total. The molecule has 0 heterocycles. The Kier molecular flexibility index (Phi) is 5.83. The Morgan fingerprint density at radius 1 is 1.19 bits per heavy atom. The van der Waals surface area contributed by atoms with Gasteiger partial charge in [0.05, 0.1) is 0 Å².